The van der Waals surface area contributed by atoms with Gasteiger partial charge in [0.1, 0.15) is 0 Å². The Hall–Kier alpha value is 0.130. The van der Waals surface area contributed by atoms with Gasteiger partial charge in [-0.15, -0.1) is 0 Å². The first-order valence-corrected chi connectivity index (χ1v) is 6.51. The fourth-order valence-corrected chi connectivity index (χ4v) is 3.28. The molecule has 0 amide bonds. The second-order valence-electron chi connectivity index (χ2n) is 3.43. The molecule has 6 heteroatoms. The average molecular weight is 231 g/mol. The van der Waals surface area contributed by atoms with Crippen molar-refractivity contribution >= 4 is 19.7 Å². The van der Waals surface area contributed by atoms with Gasteiger partial charge in [-0.1, -0.05) is 0 Å². The van der Waals surface area contributed by atoms with Crippen LogP contribution in [-0.2, 0) is 13.8 Å². The van der Waals surface area contributed by atoms with Crippen LogP contribution in [0.25, 0.3) is 0 Å². The predicted octanol–water partition coefficient (Wildman–Crippen LogP) is 1.32. The molecule has 1 rings (SSSR count). The number of rotatable bonds is 3. The normalized spacial score (nSPS) is 22.9. The number of alkyl halides is 1. The zero-order chi connectivity index (χ0) is 9.95. The summed E-state index contributed by atoms with van der Waals surface area (Å²) < 4.78 is 39.4. The summed E-state index contributed by atoms with van der Waals surface area (Å²) in [4.78, 5) is 0. The third kappa shape index (κ3) is 3.40. The molecule has 0 atom stereocenters. The maximum atomic E-state index is 12.7. The zero-order valence-corrected chi connectivity index (χ0v) is 8.70. The summed E-state index contributed by atoms with van der Waals surface area (Å²) in [5, 5.41) is 0. The van der Waals surface area contributed by atoms with Crippen LogP contribution in [0.2, 0.25) is 0 Å². The third-order valence-electron chi connectivity index (χ3n) is 2.32. The lowest BCUT2D eigenvalue weighted by Crippen LogP contribution is -2.36. The standard InChI is InChI=1S/C7H12ClFO3S/c8-13(10,11)6-7(5-9)1-3-12-4-2-7/h1-6H2. The molecule has 78 valence electrons. The second-order valence-corrected chi connectivity index (χ2v) is 6.21. The summed E-state index contributed by atoms with van der Waals surface area (Å²) >= 11 is 0. The highest BCUT2D eigenvalue weighted by atomic mass is 35.7. The van der Waals surface area contributed by atoms with Crippen molar-refractivity contribution in [1.29, 1.82) is 0 Å². The summed E-state index contributed by atoms with van der Waals surface area (Å²) in [6, 6.07) is 0. The molecule has 3 nitrogen and oxygen atoms in total. The van der Waals surface area contributed by atoms with Crippen LogP contribution in [0, 0.1) is 5.41 Å². The molecular formula is C7H12ClFO3S. The number of hydrogen-bond acceptors (Lipinski definition) is 3. The lowest BCUT2D eigenvalue weighted by molar-refractivity contribution is 0.0138. The van der Waals surface area contributed by atoms with Gasteiger partial charge in [0, 0.05) is 29.3 Å². The van der Waals surface area contributed by atoms with Crippen molar-refractivity contribution in [2.75, 3.05) is 25.6 Å². The Bertz CT molecular complexity index is 259. The summed E-state index contributed by atoms with van der Waals surface area (Å²) in [6.45, 7) is 0.176. The van der Waals surface area contributed by atoms with Crippen molar-refractivity contribution < 1.29 is 17.5 Å². The van der Waals surface area contributed by atoms with E-state index in [9.17, 15) is 12.8 Å². The molecule has 0 aromatic rings. The molecule has 0 aromatic carbocycles. The van der Waals surface area contributed by atoms with Gasteiger partial charge in [-0.25, -0.2) is 8.42 Å². The van der Waals surface area contributed by atoms with Crippen molar-refractivity contribution in [3.05, 3.63) is 0 Å². The number of ether oxygens (including phenoxy) is 1. The molecule has 1 fully saturated rings. The molecule has 1 aliphatic heterocycles. The van der Waals surface area contributed by atoms with Gasteiger partial charge in [0.2, 0.25) is 9.05 Å². The molecule has 1 saturated heterocycles. The van der Waals surface area contributed by atoms with Crippen molar-refractivity contribution in [1.82, 2.24) is 0 Å². The Kier molecular flexibility index (Phi) is 3.54. The first-order chi connectivity index (χ1) is 5.97. The molecule has 0 aromatic heterocycles. The van der Waals surface area contributed by atoms with Crippen LogP contribution in [0.5, 0.6) is 0 Å². The van der Waals surface area contributed by atoms with E-state index in [0.29, 0.717) is 26.1 Å². The van der Waals surface area contributed by atoms with E-state index in [2.05, 4.69) is 0 Å². The van der Waals surface area contributed by atoms with Gasteiger partial charge in [-0.05, 0) is 12.8 Å². The quantitative estimate of drug-likeness (QED) is 0.687. The van der Waals surface area contributed by atoms with Gasteiger partial charge in [0.15, 0.2) is 0 Å². The van der Waals surface area contributed by atoms with E-state index in [1.807, 2.05) is 0 Å². The van der Waals surface area contributed by atoms with Crippen molar-refractivity contribution in [2.45, 2.75) is 12.8 Å². The van der Waals surface area contributed by atoms with Crippen LogP contribution in [0.3, 0.4) is 0 Å². The smallest absolute Gasteiger partial charge is 0.233 e. The number of hydrogen-bond donors (Lipinski definition) is 0. The highest BCUT2D eigenvalue weighted by molar-refractivity contribution is 8.13. The fraction of sp³-hybridized carbons (Fsp3) is 1.00. The average Bonchev–Trinajstić information content (AvgIpc) is 2.03. The summed E-state index contributed by atoms with van der Waals surface area (Å²) in [6.07, 6.45) is 0.852. The highest BCUT2D eigenvalue weighted by Gasteiger charge is 2.36. The van der Waals surface area contributed by atoms with Crippen LogP contribution in [0.15, 0.2) is 0 Å². The minimum atomic E-state index is -3.62. The van der Waals surface area contributed by atoms with E-state index >= 15 is 0 Å². The first-order valence-electron chi connectivity index (χ1n) is 4.04. The predicted molar refractivity (Wildman–Crippen MR) is 48.1 cm³/mol. The maximum Gasteiger partial charge on any atom is 0.233 e. The van der Waals surface area contributed by atoms with E-state index < -0.39 is 21.1 Å². The molecule has 13 heavy (non-hydrogen) atoms. The Morgan fingerprint density at radius 3 is 2.31 bits per heavy atom. The third-order valence-corrected chi connectivity index (χ3v) is 3.60. The van der Waals surface area contributed by atoms with Gasteiger partial charge in [0.05, 0.1) is 12.4 Å². The van der Waals surface area contributed by atoms with Crippen LogP contribution < -0.4 is 0 Å². The second kappa shape index (κ2) is 4.11. The Balaban J connectivity index is 2.68. The molecule has 0 radical (unpaired) electrons. The highest BCUT2D eigenvalue weighted by Crippen LogP contribution is 2.33. The molecule has 1 aliphatic rings. The van der Waals surface area contributed by atoms with Gasteiger partial charge in [-0.3, -0.25) is 4.39 Å². The Labute approximate surface area is 81.6 Å². The van der Waals surface area contributed by atoms with Gasteiger partial charge >= 0.3 is 0 Å². The van der Waals surface area contributed by atoms with E-state index in [1.165, 1.54) is 0 Å². The van der Waals surface area contributed by atoms with Crippen molar-refractivity contribution in [3.8, 4) is 0 Å². The van der Waals surface area contributed by atoms with Crippen LogP contribution >= 0.6 is 10.7 Å². The van der Waals surface area contributed by atoms with Crippen LogP contribution in [-0.4, -0.2) is 34.1 Å². The molecule has 0 unspecified atom stereocenters. The molecule has 0 N–H and O–H groups in total. The topological polar surface area (TPSA) is 43.4 Å². The van der Waals surface area contributed by atoms with E-state index in [4.69, 9.17) is 15.4 Å². The monoisotopic (exact) mass is 230 g/mol. The van der Waals surface area contributed by atoms with Crippen molar-refractivity contribution in [2.24, 2.45) is 5.41 Å². The maximum absolute atomic E-state index is 12.7. The zero-order valence-electron chi connectivity index (χ0n) is 7.13. The molecule has 0 aliphatic carbocycles. The summed E-state index contributed by atoms with van der Waals surface area (Å²) in [7, 11) is 1.48. The summed E-state index contributed by atoms with van der Waals surface area (Å²) in [5.41, 5.74) is -0.807. The van der Waals surface area contributed by atoms with E-state index in [-0.39, 0.29) is 5.75 Å². The van der Waals surface area contributed by atoms with Crippen LogP contribution in [0.1, 0.15) is 12.8 Å². The largest absolute Gasteiger partial charge is 0.381 e. The van der Waals surface area contributed by atoms with Gasteiger partial charge in [-0.2, -0.15) is 0 Å². The lowest BCUT2D eigenvalue weighted by Gasteiger charge is -2.33. The minimum absolute atomic E-state index is 0.290. The Morgan fingerprint density at radius 1 is 1.38 bits per heavy atom. The molecular weight excluding hydrogens is 219 g/mol. The SMILES string of the molecule is O=S(=O)(Cl)CC1(CF)CCOCC1. The van der Waals surface area contributed by atoms with E-state index in [0.717, 1.165) is 0 Å². The number of halogens is 2. The van der Waals surface area contributed by atoms with Gasteiger partial charge in [0.25, 0.3) is 0 Å². The first kappa shape index (κ1) is 11.2. The minimum Gasteiger partial charge on any atom is -0.381 e. The van der Waals surface area contributed by atoms with Crippen LogP contribution in [0.4, 0.5) is 4.39 Å². The molecule has 0 saturated carbocycles. The fourth-order valence-electron chi connectivity index (χ4n) is 1.49. The van der Waals surface area contributed by atoms with Gasteiger partial charge < -0.3 is 4.74 Å². The van der Waals surface area contributed by atoms with E-state index in [1.54, 1.807) is 0 Å². The Morgan fingerprint density at radius 2 is 1.92 bits per heavy atom. The molecule has 0 bridgehead atoms. The van der Waals surface area contributed by atoms with Crippen molar-refractivity contribution in [3.63, 3.8) is 0 Å². The lowest BCUT2D eigenvalue weighted by atomic mass is 9.84. The summed E-state index contributed by atoms with van der Waals surface area (Å²) in [5.74, 6) is -0.290. The molecule has 0 spiro atoms. The molecule has 1 heterocycles.